The molecule has 0 aromatic carbocycles. The molecule has 66 valence electrons. The highest BCUT2D eigenvalue weighted by atomic mass is 19.3. The Balaban J connectivity index is 2.10. The summed E-state index contributed by atoms with van der Waals surface area (Å²) in [6.07, 6.45) is -0.246. The van der Waals surface area contributed by atoms with Crippen molar-refractivity contribution in [2.45, 2.75) is 18.4 Å². The molecule has 0 spiro atoms. The van der Waals surface area contributed by atoms with Crippen LogP contribution in [0.25, 0.3) is 0 Å². The fraction of sp³-hybridized carbons (Fsp3) is 0.800. The summed E-state index contributed by atoms with van der Waals surface area (Å²) < 4.78 is 25.3. The number of aromatic amines is 1. The summed E-state index contributed by atoms with van der Waals surface area (Å²) in [4.78, 5) is 0. The van der Waals surface area contributed by atoms with Crippen molar-refractivity contribution < 1.29 is 8.78 Å². The van der Waals surface area contributed by atoms with E-state index in [1.807, 2.05) is 0 Å². The predicted octanol–water partition coefficient (Wildman–Crippen LogP) is -0.131. The van der Waals surface area contributed by atoms with Crippen LogP contribution in [0.15, 0.2) is 0 Å². The summed E-state index contributed by atoms with van der Waals surface area (Å²) >= 11 is 0. The highest BCUT2D eigenvalue weighted by Gasteiger charge is 2.41. The van der Waals surface area contributed by atoms with Crippen LogP contribution in [-0.4, -0.2) is 33.1 Å². The molecule has 7 heteroatoms. The molecule has 1 aromatic rings. The average molecular weight is 175 g/mol. The first-order valence-electron chi connectivity index (χ1n) is 3.52. The third-order valence-electron chi connectivity index (χ3n) is 1.80. The molecule has 0 amide bonds. The number of hydrogen-bond donors (Lipinski definition) is 2. The Morgan fingerprint density at radius 2 is 2.33 bits per heavy atom. The van der Waals surface area contributed by atoms with Crippen LogP contribution in [0.1, 0.15) is 18.3 Å². The molecule has 1 aliphatic heterocycles. The standard InChI is InChI=1S/C5H7F2N5/c6-5(7)1-3(8-2-5)4-9-11-12-10-4/h3,8H,1-2H2,(H,9,10,11,12). The highest BCUT2D eigenvalue weighted by molar-refractivity contribution is 4.98. The van der Waals surface area contributed by atoms with Gasteiger partial charge in [0, 0.05) is 6.42 Å². The van der Waals surface area contributed by atoms with Crippen molar-refractivity contribution in [1.82, 2.24) is 25.9 Å². The van der Waals surface area contributed by atoms with Crippen LogP contribution in [0.2, 0.25) is 0 Å². The minimum Gasteiger partial charge on any atom is -0.301 e. The first-order chi connectivity index (χ1) is 5.67. The van der Waals surface area contributed by atoms with Gasteiger partial charge in [0.15, 0.2) is 5.82 Å². The van der Waals surface area contributed by atoms with E-state index in [1.54, 1.807) is 0 Å². The van der Waals surface area contributed by atoms with Crippen LogP contribution < -0.4 is 5.32 Å². The number of hydrogen-bond acceptors (Lipinski definition) is 4. The molecular formula is C5H7F2N5. The second kappa shape index (κ2) is 2.44. The first kappa shape index (κ1) is 7.53. The van der Waals surface area contributed by atoms with Gasteiger partial charge in [0.05, 0.1) is 12.6 Å². The number of nitrogens with zero attached hydrogens (tertiary/aromatic N) is 3. The Kier molecular flexibility index (Phi) is 1.53. The molecule has 5 nitrogen and oxygen atoms in total. The van der Waals surface area contributed by atoms with E-state index in [0.717, 1.165) is 0 Å². The van der Waals surface area contributed by atoms with Gasteiger partial charge in [-0.2, -0.15) is 0 Å². The Hall–Kier alpha value is -1.11. The van der Waals surface area contributed by atoms with Gasteiger partial charge in [0.1, 0.15) is 0 Å². The predicted molar refractivity (Wildman–Crippen MR) is 34.5 cm³/mol. The second-order valence-electron chi connectivity index (χ2n) is 2.78. The van der Waals surface area contributed by atoms with Crippen LogP contribution in [0.3, 0.4) is 0 Å². The molecule has 1 unspecified atom stereocenters. The molecule has 1 fully saturated rings. The van der Waals surface area contributed by atoms with E-state index in [9.17, 15) is 8.78 Å². The molecule has 1 aromatic heterocycles. The lowest BCUT2D eigenvalue weighted by Gasteiger charge is -2.04. The van der Waals surface area contributed by atoms with E-state index >= 15 is 0 Å². The van der Waals surface area contributed by atoms with Gasteiger partial charge in [-0.25, -0.2) is 13.9 Å². The number of alkyl halides is 2. The molecule has 0 saturated carbocycles. The van der Waals surface area contributed by atoms with E-state index in [1.165, 1.54) is 0 Å². The van der Waals surface area contributed by atoms with Gasteiger partial charge in [-0.15, -0.1) is 5.10 Å². The van der Waals surface area contributed by atoms with Gasteiger partial charge in [0.2, 0.25) is 0 Å². The van der Waals surface area contributed by atoms with Crippen molar-refractivity contribution in [2.24, 2.45) is 0 Å². The summed E-state index contributed by atoms with van der Waals surface area (Å²) in [6.45, 7) is -0.307. The minimum absolute atomic E-state index is 0.246. The SMILES string of the molecule is FC1(F)CNC(c2nnn[nH]2)C1. The maximum atomic E-state index is 12.6. The van der Waals surface area contributed by atoms with Crippen LogP contribution in [0.4, 0.5) is 8.78 Å². The molecule has 0 bridgehead atoms. The van der Waals surface area contributed by atoms with E-state index < -0.39 is 12.0 Å². The van der Waals surface area contributed by atoms with Crippen molar-refractivity contribution >= 4 is 0 Å². The maximum absolute atomic E-state index is 12.6. The third-order valence-corrected chi connectivity index (χ3v) is 1.80. The second-order valence-corrected chi connectivity index (χ2v) is 2.78. The summed E-state index contributed by atoms with van der Waals surface area (Å²) in [6, 6.07) is -0.449. The molecule has 2 N–H and O–H groups in total. The molecule has 12 heavy (non-hydrogen) atoms. The van der Waals surface area contributed by atoms with Gasteiger partial charge in [-0.05, 0) is 10.4 Å². The van der Waals surface area contributed by atoms with E-state index in [0.29, 0.717) is 5.82 Å². The monoisotopic (exact) mass is 175 g/mol. The third kappa shape index (κ3) is 1.27. The van der Waals surface area contributed by atoms with Crippen molar-refractivity contribution in [3.63, 3.8) is 0 Å². The highest BCUT2D eigenvalue weighted by Crippen LogP contribution is 2.31. The smallest absolute Gasteiger partial charge is 0.262 e. The molecular weight excluding hydrogens is 168 g/mol. The molecule has 0 aliphatic carbocycles. The van der Waals surface area contributed by atoms with Gasteiger partial charge in [-0.1, -0.05) is 0 Å². The van der Waals surface area contributed by atoms with E-state index in [2.05, 4.69) is 25.9 Å². The minimum atomic E-state index is -2.64. The normalized spacial score (nSPS) is 27.7. The zero-order chi connectivity index (χ0) is 8.60. The maximum Gasteiger partial charge on any atom is 0.262 e. The Labute approximate surface area is 66.5 Å². The van der Waals surface area contributed by atoms with Crippen molar-refractivity contribution in [2.75, 3.05) is 6.54 Å². The first-order valence-corrected chi connectivity index (χ1v) is 3.52. The van der Waals surface area contributed by atoms with Crippen molar-refractivity contribution in [1.29, 1.82) is 0 Å². The van der Waals surface area contributed by atoms with E-state index in [4.69, 9.17) is 0 Å². The van der Waals surface area contributed by atoms with Crippen LogP contribution in [0, 0.1) is 0 Å². The number of tetrazole rings is 1. The number of rotatable bonds is 1. The summed E-state index contributed by atoms with van der Waals surface area (Å²) in [5.74, 6) is -2.27. The van der Waals surface area contributed by atoms with Crippen molar-refractivity contribution in [3.8, 4) is 0 Å². The molecule has 1 saturated heterocycles. The van der Waals surface area contributed by atoms with Gasteiger partial charge in [0.25, 0.3) is 5.92 Å². The Morgan fingerprint density at radius 3 is 2.83 bits per heavy atom. The largest absolute Gasteiger partial charge is 0.301 e. The van der Waals surface area contributed by atoms with Crippen LogP contribution >= 0.6 is 0 Å². The summed E-state index contributed by atoms with van der Waals surface area (Å²) in [5, 5.41) is 15.2. The molecule has 2 rings (SSSR count). The zero-order valence-electron chi connectivity index (χ0n) is 6.09. The van der Waals surface area contributed by atoms with E-state index in [-0.39, 0.29) is 13.0 Å². The van der Waals surface area contributed by atoms with Gasteiger partial charge < -0.3 is 5.32 Å². The zero-order valence-corrected chi connectivity index (χ0v) is 6.09. The molecule has 1 atom stereocenters. The lowest BCUT2D eigenvalue weighted by molar-refractivity contribution is 0.0208. The number of nitrogens with one attached hydrogen (secondary N) is 2. The molecule has 2 heterocycles. The fourth-order valence-electron chi connectivity index (χ4n) is 1.22. The topological polar surface area (TPSA) is 66.5 Å². The van der Waals surface area contributed by atoms with Crippen LogP contribution in [0.5, 0.6) is 0 Å². The number of aromatic nitrogens is 4. The number of H-pyrrole nitrogens is 1. The number of halogens is 2. The summed E-state index contributed by atoms with van der Waals surface area (Å²) in [7, 11) is 0. The lowest BCUT2D eigenvalue weighted by atomic mass is 10.2. The van der Waals surface area contributed by atoms with Crippen LogP contribution in [-0.2, 0) is 0 Å². The quantitative estimate of drug-likeness (QED) is 0.624. The summed E-state index contributed by atoms with van der Waals surface area (Å²) in [5.41, 5.74) is 0. The molecule has 0 radical (unpaired) electrons. The lowest BCUT2D eigenvalue weighted by Crippen LogP contribution is -2.19. The van der Waals surface area contributed by atoms with Gasteiger partial charge >= 0.3 is 0 Å². The fourth-order valence-corrected chi connectivity index (χ4v) is 1.22. The molecule has 1 aliphatic rings. The van der Waals surface area contributed by atoms with Crippen molar-refractivity contribution in [3.05, 3.63) is 5.82 Å². The Bertz CT molecular complexity index is 259. The Morgan fingerprint density at radius 1 is 1.50 bits per heavy atom. The average Bonchev–Trinajstić information content (AvgIpc) is 2.55. The van der Waals surface area contributed by atoms with Gasteiger partial charge in [-0.3, -0.25) is 0 Å².